The summed E-state index contributed by atoms with van der Waals surface area (Å²) in [7, 11) is 0. The Morgan fingerprint density at radius 1 is 1.23 bits per heavy atom. The molecule has 0 saturated carbocycles. The first-order chi connectivity index (χ1) is 10.5. The maximum atomic E-state index is 11.2. The van der Waals surface area contributed by atoms with Crippen molar-refractivity contribution in [3.8, 4) is 0 Å². The Balaban J connectivity index is 2.23. The van der Waals surface area contributed by atoms with Crippen molar-refractivity contribution in [1.29, 1.82) is 0 Å². The van der Waals surface area contributed by atoms with Crippen LogP contribution in [0.2, 0.25) is 10.0 Å². The van der Waals surface area contributed by atoms with Gasteiger partial charge in [0.1, 0.15) is 5.60 Å². The zero-order chi connectivity index (χ0) is 16.0. The molecule has 0 unspecified atom stereocenters. The number of imidazole rings is 1. The second-order valence-electron chi connectivity index (χ2n) is 5.70. The molecule has 0 bridgehead atoms. The van der Waals surface area contributed by atoms with Crippen molar-refractivity contribution >= 4 is 23.2 Å². The Morgan fingerprint density at radius 3 is 2.68 bits per heavy atom. The molecule has 1 heterocycles. The third-order valence-corrected chi connectivity index (χ3v) is 4.43. The number of unbranched alkanes of at least 4 members (excludes halogenated alkanes) is 3. The predicted molar refractivity (Wildman–Crippen MR) is 91.3 cm³/mol. The Kier molecular flexibility index (Phi) is 6.30. The minimum Gasteiger partial charge on any atom is -0.383 e. The molecule has 0 fully saturated rings. The average Bonchev–Trinajstić information content (AvgIpc) is 2.96. The second kappa shape index (κ2) is 8.00. The third kappa shape index (κ3) is 4.48. The van der Waals surface area contributed by atoms with Gasteiger partial charge in [0.25, 0.3) is 0 Å². The molecule has 1 atom stereocenters. The van der Waals surface area contributed by atoms with Crippen LogP contribution in [0.4, 0.5) is 0 Å². The average molecular weight is 341 g/mol. The Labute approximate surface area is 141 Å². The minimum absolute atomic E-state index is 0.431. The summed E-state index contributed by atoms with van der Waals surface area (Å²) in [5.74, 6) is 0. The van der Waals surface area contributed by atoms with E-state index < -0.39 is 5.60 Å². The third-order valence-electron chi connectivity index (χ3n) is 3.88. The molecule has 2 aromatic rings. The molecule has 3 nitrogen and oxygen atoms in total. The van der Waals surface area contributed by atoms with Gasteiger partial charge < -0.3 is 9.67 Å². The molecule has 0 saturated heterocycles. The van der Waals surface area contributed by atoms with Crippen molar-refractivity contribution < 1.29 is 5.11 Å². The van der Waals surface area contributed by atoms with Gasteiger partial charge in [-0.2, -0.15) is 0 Å². The zero-order valence-electron chi connectivity index (χ0n) is 12.8. The summed E-state index contributed by atoms with van der Waals surface area (Å²) >= 11 is 12.3. The first-order valence-electron chi connectivity index (χ1n) is 7.69. The SMILES string of the molecule is CCCCCC[C@](O)(Cn1ccnc1)c1ccc(Cl)cc1Cl. The van der Waals surface area contributed by atoms with Gasteiger partial charge in [-0.1, -0.05) is 61.9 Å². The highest BCUT2D eigenvalue weighted by atomic mass is 35.5. The number of halogens is 2. The molecule has 5 heteroatoms. The van der Waals surface area contributed by atoms with Gasteiger partial charge in [0, 0.05) is 28.0 Å². The van der Waals surface area contributed by atoms with Crippen molar-refractivity contribution in [3.63, 3.8) is 0 Å². The van der Waals surface area contributed by atoms with E-state index in [1.807, 2.05) is 16.8 Å². The highest BCUT2D eigenvalue weighted by molar-refractivity contribution is 6.35. The molecule has 0 radical (unpaired) electrons. The van der Waals surface area contributed by atoms with E-state index in [-0.39, 0.29) is 0 Å². The molecule has 2 rings (SSSR count). The Morgan fingerprint density at radius 2 is 2.05 bits per heavy atom. The molecule has 22 heavy (non-hydrogen) atoms. The number of rotatable bonds is 8. The summed E-state index contributed by atoms with van der Waals surface area (Å²) in [6.45, 7) is 2.61. The maximum Gasteiger partial charge on any atom is 0.109 e. The summed E-state index contributed by atoms with van der Waals surface area (Å²) in [6, 6.07) is 5.28. The summed E-state index contributed by atoms with van der Waals surface area (Å²) in [5, 5.41) is 12.3. The van der Waals surface area contributed by atoms with Crippen molar-refractivity contribution in [2.45, 2.75) is 51.2 Å². The van der Waals surface area contributed by atoms with Gasteiger partial charge in [0.2, 0.25) is 0 Å². The lowest BCUT2D eigenvalue weighted by molar-refractivity contribution is 0.00717. The molecule has 0 spiro atoms. The molecule has 1 N–H and O–H groups in total. The topological polar surface area (TPSA) is 38.0 Å². The van der Waals surface area contributed by atoms with Crippen LogP contribution in [0.5, 0.6) is 0 Å². The van der Waals surface area contributed by atoms with E-state index in [0.717, 1.165) is 18.4 Å². The fourth-order valence-electron chi connectivity index (χ4n) is 2.69. The number of nitrogens with zero attached hydrogens (tertiary/aromatic N) is 2. The van der Waals surface area contributed by atoms with Crippen LogP contribution in [-0.2, 0) is 12.1 Å². The van der Waals surface area contributed by atoms with Crippen LogP contribution in [0, 0.1) is 0 Å². The van der Waals surface area contributed by atoms with Gasteiger partial charge in [-0.3, -0.25) is 0 Å². The Bertz CT molecular complexity index is 586. The van der Waals surface area contributed by atoms with Crippen LogP contribution in [0.15, 0.2) is 36.9 Å². The standard InChI is InChI=1S/C17H22Cl2N2O/c1-2-3-4-5-8-17(22,12-21-10-9-20-13-21)15-7-6-14(18)11-16(15)19/h6-7,9-11,13,22H,2-5,8,12H2,1H3/t17-/m0/s1. The number of benzene rings is 1. The zero-order valence-corrected chi connectivity index (χ0v) is 14.3. The lowest BCUT2D eigenvalue weighted by atomic mass is 9.87. The highest BCUT2D eigenvalue weighted by Crippen LogP contribution is 2.35. The smallest absolute Gasteiger partial charge is 0.109 e. The highest BCUT2D eigenvalue weighted by Gasteiger charge is 2.31. The fourth-order valence-corrected chi connectivity index (χ4v) is 3.28. The summed E-state index contributed by atoms with van der Waals surface area (Å²) < 4.78 is 1.88. The van der Waals surface area contributed by atoms with Crippen molar-refractivity contribution in [2.24, 2.45) is 0 Å². The van der Waals surface area contributed by atoms with Crippen LogP contribution in [0.3, 0.4) is 0 Å². The predicted octanol–water partition coefficient (Wildman–Crippen LogP) is 5.05. The summed E-state index contributed by atoms with van der Waals surface area (Å²) in [6.07, 6.45) is 10.3. The molecule has 0 aliphatic carbocycles. The van der Waals surface area contributed by atoms with E-state index in [1.165, 1.54) is 12.8 Å². The van der Waals surface area contributed by atoms with Crippen LogP contribution >= 0.6 is 23.2 Å². The van der Waals surface area contributed by atoms with Gasteiger partial charge in [-0.15, -0.1) is 0 Å². The molecule has 0 aliphatic rings. The molecular formula is C17H22Cl2N2O. The van der Waals surface area contributed by atoms with Gasteiger partial charge in [-0.25, -0.2) is 4.98 Å². The van der Waals surface area contributed by atoms with Crippen molar-refractivity contribution in [1.82, 2.24) is 9.55 Å². The van der Waals surface area contributed by atoms with E-state index >= 15 is 0 Å². The second-order valence-corrected chi connectivity index (χ2v) is 6.55. The van der Waals surface area contributed by atoms with Gasteiger partial charge >= 0.3 is 0 Å². The van der Waals surface area contributed by atoms with Crippen LogP contribution in [0.1, 0.15) is 44.6 Å². The normalized spacial score (nSPS) is 14.0. The van der Waals surface area contributed by atoms with Crippen LogP contribution in [-0.4, -0.2) is 14.7 Å². The summed E-state index contributed by atoms with van der Waals surface area (Å²) in [4.78, 5) is 4.04. The van der Waals surface area contributed by atoms with E-state index in [0.29, 0.717) is 23.0 Å². The lowest BCUT2D eigenvalue weighted by Gasteiger charge is -2.30. The summed E-state index contributed by atoms with van der Waals surface area (Å²) in [5.41, 5.74) is -0.292. The van der Waals surface area contributed by atoms with E-state index in [4.69, 9.17) is 23.2 Å². The van der Waals surface area contributed by atoms with Crippen molar-refractivity contribution in [3.05, 3.63) is 52.5 Å². The first-order valence-corrected chi connectivity index (χ1v) is 8.44. The first kappa shape index (κ1) is 17.3. The molecule has 0 aliphatic heterocycles. The van der Waals surface area contributed by atoms with E-state index in [2.05, 4.69) is 11.9 Å². The number of aromatic nitrogens is 2. The number of aliphatic hydroxyl groups is 1. The van der Waals surface area contributed by atoms with Crippen LogP contribution < -0.4 is 0 Å². The van der Waals surface area contributed by atoms with E-state index in [9.17, 15) is 5.11 Å². The van der Waals surface area contributed by atoms with Gasteiger partial charge in [0.05, 0.1) is 12.9 Å². The molecule has 1 aromatic carbocycles. The van der Waals surface area contributed by atoms with Gasteiger partial charge in [-0.05, 0) is 18.6 Å². The number of hydrogen-bond donors (Lipinski definition) is 1. The van der Waals surface area contributed by atoms with E-state index in [1.54, 1.807) is 24.7 Å². The molecule has 1 aromatic heterocycles. The largest absolute Gasteiger partial charge is 0.383 e. The molecule has 120 valence electrons. The minimum atomic E-state index is -1.02. The van der Waals surface area contributed by atoms with Crippen molar-refractivity contribution in [2.75, 3.05) is 0 Å². The van der Waals surface area contributed by atoms with Crippen LogP contribution in [0.25, 0.3) is 0 Å². The van der Waals surface area contributed by atoms with Gasteiger partial charge in [0.15, 0.2) is 0 Å². The molecule has 0 amide bonds. The monoisotopic (exact) mass is 340 g/mol. The lowest BCUT2D eigenvalue weighted by Crippen LogP contribution is -2.31. The number of hydrogen-bond acceptors (Lipinski definition) is 2. The fraction of sp³-hybridized carbons (Fsp3) is 0.471. The quantitative estimate of drug-likeness (QED) is 0.683. The maximum absolute atomic E-state index is 11.2. The Hall–Kier alpha value is -1.03. The molecular weight excluding hydrogens is 319 g/mol.